The number of H-pyrrole nitrogens is 1. The Labute approximate surface area is 134 Å². The number of aromatic nitrogens is 2. The SMILES string of the molecule is CCc1cn(C2OC(CC)C(O)C2OCCOC)c(=O)[nH]c1=O. The molecule has 0 saturated carbocycles. The van der Waals surface area contributed by atoms with E-state index in [9.17, 15) is 14.7 Å². The van der Waals surface area contributed by atoms with Crippen molar-refractivity contribution in [3.63, 3.8) is 0 Å². The van der Waals surface area contributed by atoms with Gasteiger partial charge in [-0.25, -0.2) is 4.79 Å². The minimum atomic E-state index is -0.856. The van der Waals surface area contributed by atoms with Gasteiger partial charge in [-0.05, 0) is 12.8 Å². The third-order valence-electron chi connectivity index (χ3n) is 4.01. The molecule has 130 valence electrons. The summed E-state index contributed by atoms with van der Waals surface area (Å²) in [6.45, 7) is 4.35. The molecule has 0 aliphatic carbocycles. The second kappa shape index (κ2) is 7.87. The molecule has 2 N–H and O–H groups in total. The fourth-order valence-electron chi connectivity index (χ4n) is 2.70. The van der Waals surface area contributed by atoms with Crippen LogP contribution in [0, 0.1) is 0 Å². The lowest BCUT2D eigenvalue weighted by Gasteiger charge is -2.22. The van der Waals surface area contributed by atoms with Gasteiger partial charge in [-0.3, -0.25) is 14.3 Å². The molecule has 4 unspecified atom stereocenters. The number of nitrogens with zero attached hydrogens (tertiary/aromatic N) is 1. The van der Waals surface area contributed by atoms with Crippen molar-refractivity contribution < 1.29 is 19.3 Å². The molecule has 1 aromatic rings. The van der Waals surface area contributed by atoms with Crippen molar-refractivity contribution in [2.45, 2.75) is 51.2 Å². The molecular weight excluding hydrogens is 304 g/mol. The van der Waals surface area contributed by atoms with Gasteiger partial charge in [-0.15, -0.1) is 0 Å². The van der Waals surface area contributed by atoms with Crippen LogP contribution in [0.2, 0.25) is 0 Å². The van der Waals surface area contributed by atoms with E-state index in [0.717, 1.165) is 0 Å². The first-order chi connectivity index (χ1) is 11.0. The highest BCUT2D eigenvalue weighted by molar-refractivity contribution is 5.05. The maximum absolute atomic E-state index is 12.1. The molecule has 1 saturated heterocycles. The molecule has 0 spiro atoms. The number of aliphatic hydroxyl groups excluding tert-OH is 1. The van der Waals surface area contributed by atoms with E-state index in [1.165, 1.54) is 10.8 Å². The average Bonchev–Trinajstić information content (AvgIpc) is 2.84. The molecule has 1 aromatic heterocycles. The highest BCUT2D eigenvalue weighted by atomic mass is 16.6. The van der Waals surface area contributed by atoms with Crippen LogP contribution >= 0.6 is 0 Å². The van der Waals surface area contributed by atoms with Gasteiger partial charge in [0.15, 0.2) is 6.23 Å². The zero-order valence-corrected chi connectivity index (χ0v) is 13.7. The molecule has 1 aliphatic heterocycles. The molecule has 0 amide bonds. The lowest BCUT2D eigenvalue weighted by molar-refractivity contribution is -0.0798. The van der Waals surface area contributed by atoms with Crippen molar-refractivity contribution in [2.75, 3.05) is 20.3 Å². The number of aliphatic hydroxyl groups is 1. The zero-order chi connectivity index (χ0) is 17.0. The topological polar surface area (TPSA) is 103 Å². The van der Waals surface area contributed by atoms with Gasteiger partial charge in [-0.2, -0.15) is 0 Å². The highest BCUT2D eigenvalue weighted by Gasteiger charge is 2.45. The lowest BCUT2D eigenvalue weighted by Crippen LogP contribution is -2.40. The summed E-state index contributed by atoms with van der Waals surface area (Å²) < 4.78 is 17.7. The van der Waals surface area contributed by atoms with Gasteiger partial charge in [0.05, 0.1) is 19.3 Å². The maximum Gasteiger partial charge on any atom is 0.330 e. The molecule has 1 aliphatic rings. The van der Waals surface area contributed by atoms with Crippen molar-refractivity contribution in [3.8, 4) is 0 Å². The Morgan fingerprint density at radius 3 is 2.70 bits per heavy atom. The van der Waals surface area contributed by atoms with Gasteiger partial charge >= 0.3 is 5.69 Å². The van der Waals surface area contributed by atoms with E-state index in [0.29, 0.717) is 25.0 Å². The third kappa shape index (κ3) is 3.72. The standard InChI is InChI=1S/C15H24N2O6/c1-4-9-8-17(15(20)16-13(9)19)14-12(22-7-6-21-3)11(18)10(5-2)23-14/h8,10-12,14,18H,4-7H2,1-3H3,(H,16,19,20). The van der Waals surface area contributed by atoms with E-state index >= 15 is 0 Å². The lowest BCUT2D eigenvalue weighted by atomic mass is 10.1. The van der Waals surface area contributed by atoms with Gasteiger partial charge in [0, 0.05) is 18.9 Å². The Bertz CT molecular complexity index is 625. The minimum Gasteiger partial charge on any atom is -0.388 e. The number of hydrogen-bond acceptors (Lipinski definition) is 6. The van der Waals surface area contributed by atoms with E-state index < -0.39 is 35.8 Å². The van der Waals surface area contributed by atoms with Crippen LogP contribution in [0.4, 0.5) is 0 Å². The molecule has 1 fully saturated rings. The highest BCUT2D eigenvalue weighted by Crippen LogP contribution is 2.32. The molecule has 8 nitrogen and oxygen atoms in total. The van der Waals surface area contributed by atoms with E-state index in [2.05, 4.69) is 4.98 Å². The summed E-state index contributed by atoms with van der Waals surface area (Å²) in [5.74, 6) is 0. The third-order valence-corrected chi connectivity index (χ3v) is 4.01. The summed E-state index contributed by atoms with van der Waals surface area (Å²) in [4.78, 5) is 26.1. The second-order valence-electron chi connectivity index (χ2n) is 5.47. The normalized spacial score (nSPS) is 27.5. The van der Waals surface area contributed by atoms with Crippen LogP contribution in [0.3, 0.4) is 0 Å². The summed E-state index contributed by atoms with van der Waals surface area (Å²) in [5, 5.41) is 10.4. The molecule has 23 heavy (non-hydrogen) atoms. The molecule has 2 rings (SSSR count). The molecule has 0 bridgehead atoms. The summed E-state index contributed by atoms with van der Waals surface area (Å²) in [7, 11) is 1.55. The van der Waals surface area contributed by atoms with Crippen LogP contribution in [-0.4, -0.2) is 53.3 Å². The summed E-state index contributed by atoms with van der Waals surface area (Å²) in [6, 6.07) is 0. The monoisotopic (exact) mass is 328 g/mol. The fourth-order valence-corrected chi connectivity index (χ4v) is 2.70. The van der Waals surface area contributed by atoms with Crippen LogP contribution in [-0.2, 0) is 20.6 Å². The van der Waals surface area contributed by atoms with Crippen LogP contribution in [0.5, 0.6) is 0 Å². The minimum absolute atomic E-state index is 0.271. The molecular formula is C15H24N2O6. The van der Waals surface area contributed by atoms with Crippen LogP contribution in [0.1, 0.15) is 32.1 Å². The van der Waals surface area contributed by atoms with Crippen molar-refractivity contribution in [2.24, 2.45) is 0 Å². The largest absolute Gasteiger partial charge is 0.388 e. The van der Waals surface area contributed by atoms with Crippen LogP contribution in [0.25, 0.3) is 0 Å². The van der Waals surface area contributed by atoms with Crippen molar-refractivity contribution in [3.05, 3.63) is 32.6 Å². The molecule has 8 heteroatoms. The number of rotatable bonds is 7. The Morgan fingerprint density at radius 1 is 1.35 bits per heavy atom. The van der Waals surface area contributed by atoms with Gasteiger partial charge < -0.3 is 19.3 Å². The Hall–Kier alpha value is -1.48. The number of aryl methyl sites for hydroxylation is 1. The predicted octanol–water partition coefficient (Wildman–Crippen LogP) is -0.201. The van der Waals surface area contributed by atoms with Crippen molar-refractivity contribution in [1.29, 1.82) is 0 Å². The first-order valence-corrected chi connectivity index (χ1v) is 7.81. The molecule has 2 heterocycles. The predicted molar refractivity (Wildman–Crippen MR) is 82.5 cm³/mol. The van der Waals surface area contributed by atoms with Crippen LogP contribution in [0.15, 0.2) is 15.8 Å². The summed E-state index contributed by atoms with van der Waals surface area (Å²) in [6.07, 6.45) is -0.242. The summed E-state index contributed by atoms with van der Waals surface area (Å²) in [5.41, 5.74) is -0.518. The number of ether oxygens (including phenoxy) is 3. The van der Waals surface area contributed by atoms with E-state index in [1.807, 2.05) is 13.8 Å². The zero-order valence-electron chi connectivity index (χ0n) is 13.7. The van der Waals surface area contributed by atoms with E-state index in [-0.39, 0.29) is 6.61 Å². The fraction of sp³-hybridized carbons (Fsp3) is 0.733. The molecule has 0 radical (unpaired) electrons. The van der Waals surface area contributed by atoms with E-state index in [1.54, 1.807) is 7.11 Å². The Balaban J connectivity index is 2.34. The van der Waals surface area contributed by atoms with Crippen molar-refractivity contribution >= 4 is 0 Å². The number of methoxy groups -OCH3 is 1. The number of nitrogens with one attached hydrogen (secondary N) is 1. The van der Waals surface area contributed by atoms with Crippen molar-refractivity contribution in [1.82, 2.24) is 9.55 Å². The van der Waals surface area contributed by atoms with Crippen LogP contribution < -0.4 is 11.2 Å². The Kier molecular flexibility index (Phi) is 6.11. The molecule has 0 aromatic carbocycles. The second-order valence-corrected chi connectivity index (χ2v) is 5.47. The van der Waals surface area contributed by atoms with Gasteiger partial charge in [0.25, 0.3) is 5.56 Å². The van der Waals surface area contributed by atoms with Gasteiger partial charge in [-0.1, -0.05) is 13.8 Å². The van der Waals surface area contributed by atoms with Gasteiger partial charge in [0.2, 0.25) is 0 Å². The smallest absolute Gasteiger partial charge is 0.330 e. The first-order valence-electron chi connectivity index (χ1n) is 7.81. The quantitative estimate of drug-likeness (QED) is 0.672. The number of aromatic amines is 1. The Morgan fingerprint density at radius 2 is 2.09 bits per heavy atom. The van der Waals surface area contributed by atoms with Gasteiger partial charge in [0.1, 0.15) is 12.2 Å². The maximum atomic E-state index is 12.1. The molecule has 4 atom stereocenters. The van der Waals surface area contributed by atoms with E-state index in [4.69, 9.17) is 14.2 Å². The average molecular weight is 328 g/mol. The number of hydrogen-bond donors (Lipinski definition) is 2. The summed E-state index contributed by atoms with van der Waals surface area (Å²) >= 11 is 0. The first kappa shape index (κ1) is 17.9.